The van der Waals surface area contributed by atoms with E-state index in [1.807, 2.05) is 14.1 Å². The molecule has 0 saturated carbocycles. The molecule has 7 heavy (non-hydrogen) atoms. The van der Waals surface area contributed by atoms with Crippen LogP contribution in [-0.2, 0) is 13.5 Å². The second-order valence-corrected chi connectivity index (χ2v) is 1.17. The van der Waals surface area contributed by atoms with Crippen molar-refractivity contribution in [1.82, 2.24) is 4.90 Å². The normalized spacial score (nSPS) is 4.86. The van der Waals surface area contributed by atoms with Crippen molar-refractivity contribution in [3.8, 4) is 0 Å². The molecule has 0 rings (SSSR count). The van der Waals surface area contributed by atoms with Gasteiger partial charge in [0.2, 0.25) is 0 Å². The predicted molar refractivity (Wildman–Crippen MR) is 35.0 cm³/mol. The smallest absolute Gasteiger partial charge is 0.813 e. The van der Waals surface area contributed by atoms with Gasteiger partial charge in [-0.2, -0.15) is 0 Å². The third kappa shape index (κ3) is 18.9. The maximum absolute atomic E-state index is 4.35. The molecule has 0 fully saturated rings. The number of thiol groups is 1. The van der Waals surface area contributed by atoms with Crippen LogP contribution in [0, 0.1) is 0 Å². The molecule has 1 nitrogen and oxygen atoms in total. The molecule has 4 heteroatoms. The minimum Gasteiger partial charge on any atom is -0.813 e. The van der Waals surface area contributed by atoms with Gasteiger partial charge in [0.1, 0.15) is 0 Å². The van der Waals surface area contributed by atoms with Crippen LogP contribution in [0.4, 0.5) is 0 Å². The molecule has 0 unspecified atom stereocenters. The summed E-state index contributed by atoms with van der Waals surface area (Å²) < 4.78 is 0. The summed E-state index contributed by atoms with van der Waals surface area (Å²) in [5.74, 6) is 0. The van der Waals surface area contributed by atoms with Crippen LogP contribution in [0.1, 0.15) is 0 Å². The summed E-state index contributed by atoms with van der Waals surface area (Å²) in [6, 6.07) is 0. The zero-order valence-electron chi connectivity index (χ0n) is 4.80. The maximum Gasteiger partial charge on any atom is 1.00 e. The van der Waals surface area contributed by atoms with Gasteiger partial charge < -0.3 is 36.1 Å². The van der Waals surface area contributed by atoms with Crippen molar-refractivity contribution in [2.24, 2.45) is 0 Å². The number of rotatable bonds is 1. The molecule has 0 radical (unpaired) electrons. The van der Waals surface area contributed by atoms with Crippen molar-refractivity contribution in [1.29, 1.82) is 0 Å². The Kier molecular flexibility index (Phi) is 23.1. The van der Waals surface area contributed by atoms with Crippen molar-refractivity contribution < 1.29 is 29.6 Å². The molecule has 0 aliphatic carbocycles. The summed E-state index contributed by atoms with van der Waals surface area (Å²) in [7, 11) is 3.68. The van der Waals surface area contributed by atoms with Gasteiger partial charge in [-0.05, 0) is 14.1 Å². The average Bonchev–Trinajstić information content (AvgIpc) is 1.38. The first kappa shape index (κ1) is 15.7. The number of thiocarbonyl (C=S) groups is 1. The first-order valence-electron chi connectivity index (χ1n) is 1.32. The molecule has 0 aromatic carbocycles. The zero-order valence-corrected chi connectivity index (χ0v) is 8.51. The Morgan fingerprint density at radius 1 is 1.43 bits per heavy atom. The summed E-state index contributed by atoms with van der Waals surface area (Å²) in [5, 5.41) is 0. The van der Waals surface area contributed by atoms with Crippen molar-refractivity contribution in [3.05, 3.63) is 0 Å². The van der Waals surface area contributed by atoms with Crippen molar-refractivity contribution >= 4 is 31.2 Å². The molecule has 0 spiro atoms. The minimum atomic E-state index is 0. The van der Waals surface area contributed by atoms with Crippen LogP contribution in [0.25, 0.3) is 0 Å². The number of nitrogens with zero attached hydrogens (tertiary/aromatic N) is 1. The fraction of sp³-hybridized carbons (Fsp3) is 0.667. The van der Waals surface area contributed by atoms with Crippen LogP contribution in [0.15, 0.2) is 0 Å². The van der Waals surface area contributed by atoms with Crippen LogP contribution < -0.4 is 29.6 Å². The second kappa shape index (κ2) is 10.3. The Morgan fingerprint density at radius 2 is 1.57 bits per heavy atom. The van der Waals surface area contributed by atoms with E-state index in [0.717, 1.165) is 0 Å². The summed E-state index contributed by atoms with van der Waals surface area (Å²) in [6.45, 7) is 0. The molecule has 0 amide bonds. The van der Waals surface area contributed by atoms with Gasteiger partial charge >= 0.3 is 29.6 Å². The van der Waals surface area contributed by atoms with Gasteiger partial charge in [0, 0.05) is 0 Å². The molecular weight excluding hydrogens is 137 g/mol. The number of hydrogen-bond donors (Lipinski definition) is 0. The predicted octanol–water partition coefficient (Wildman–Crippen LogP) is -2.88. The van der Waals surface area contributed by atoms with Crippen LogP contribution in [0.3, 0.4) is 0 Å². The van der Waals surface area contributed by atoms with Gasteiger partial charge in [0.05, 0.1) is 0 Å². The summed E-state index contributed by atoms with van der Waals surface area (Å²) in [4.78, 5) is 1.69. The molecule has 0 aromatic heterocycles. The standard InChI is InChI=1S/C3H6NS.Na.H2S/c1-4(2)3-5;;/h1-2H3;;1H2/q-1;+1;/p-1. The molecule has 0 bridgehead atoms. The summed E-state index contributed by atoms with van der Waals surface area (Å²) in [5.41, 5.74) is 2.44. The monoisotopic (exact) mass is 144 g/mol. The van der Waals surface area contributed by atoms with E-state index in [1.165, 1.54) is 0 Å². The van der Waals surface area contributed by atoms with Crippen LogP contribution in [-0.4, -0.2) is 24.5 Å². The fourth-order valence-electron chi connectivity index (χ4n) is 0. The molecule has 0 atom stereocenters. The van der Waals surface area contributed by atoms with Crippen molar-refractivity contribution in [2.75, 3.05) is 14.1 Å². The zero-order chi connectivity index (χ0) is 4.28. The van der Waals surface area contributed by atoms with E-state index in [0.29, 0.717) is 0 Å². The Morgan fingerprint density at radius 3 is 1.57 bits per heavy atom. The summed E-state index contributed by atoms with van der Waals surface area (Å²) >= 11 is 4.35. The van der Waals surface area contributed by atoms with Crippen molar-refractivity contribution in [2.45, 2.75) is 0 Å². The van der Waals surface area contributed by atoms with E-state index in [9.17, 15) is 0 Å². The fourth-order valence-corrected chi connectivity index (χ4v) is 0. The average molecular weight is 144 g/mol. The van der Waals surface area contributed by atoms with Gasteiger partial charge in [-0.15, -0.1) is 0 Å². The van der Waals surface area contributed by atoms with E-state index in [1.54, 1.807) is 4.90 Å². The Balaban J connectivity index is -0.0000000800. The van der Waals surface area contributed by atoms with Gasteiger partial charge in [-0.25, -0.2) is 0 Å². The largest absolute Gasteiger partial charge is 1.00 e. The first-order valence-corrected chi connectivity index (χ1v) is 1.73. The molecule has 0 aromatic rings. The third-order valence-electron chi connectivity index (χ3n) is 0.183. The SMILES string of the molecule is CN(C)[C-]=S.[Na+].[SH-]. The van der Waals surface area contributed by atoms with Gasteiger partial charge in [-0.3, -0.25) is 0 Å². The molecule has 38 valence electrons. The first-order chi connectivity index (χ1) is 2.27. The third-order valence-corrected chi connectivity index (χ3v) is 0.548. The second-order valence-electron chi connectivity index (χ2n) is 0.986. The van der Waals surface area contributed by atoms with Gasteiger partial charge in [-0.1, -0.05) is 0 Å². The van der Waals surface area contributed by atoms with E-state index in [4.69, 9.17) is 0 Å². The maximum atomic E-state index is 4.35. The summed E-state index contributed by atoms with van der Waals surface area (Å²) in [6.07, 6.45) is 0. The van der Waals surface area contributed by atoms with E-state index < -0.39 is 0 Å². The van der Waals surface area contributed by atoms with Gasteiger partial charge in [0.15, 0.2) is 0 Å². The Labute approximate surface area is 79.2 Å². The number of hydrogen-bond acceptors (Lipinski definition) is 2. The topological polar surface area (TPSA) is 3.24 Å². The minimum absolute atomic E-state index is 0. The molecule has 0 saturated heterocycles. The molecule has 0 aliphatic rings. The van der Waals surface area contributed by atoms with E-state index in [-0.39, 0.29) is 43.1 Å². The Hall–Kier alpha value is 1.24. The van der Waals surface area contributed by atoms with Crippen LogP contribution in [0.2, 0.25) is 0 Å². The Bertz CT molecular complexity index is 39.9. The van der Waals surface area contributed by atoms with Crippen LogP contribution >= 0.6 is 12.2 Å². The van der Waals surface area contributed by atoms with Gasteiger partial charge in [0.25, 0.3) is 0 Å². The molecular formula is C3H7NNaS2-. The molecule has 0 N–H and O–H groups in total. The van der Waals surface area contributed by atoms with Crippen molar-refractivity contribution in [3.63, 3.8) is 0 Å². The van der Waals surface area contributed by atoms with E-state index >= 15 is 0 Å². The van der Waals surface area contributed by atoms with E-state index in [2.05, 4.69) is 17.7 Å². The van der Waals surface area contributed by atoms with Crippen LogP contribution in [0.5, 0.6) is 0 Å². The molecule has 0 aliphatic heterocycles. The molecule has 0 heterocycles. The quantitative estimate of drug-likeness (QED) is 0.0971.